The summed E-state index contributed by atoms with van der Waals surface area (Å²) in [5.41, 5.74) is -0.365. The van der Waals surface area contributed by atoms with Crippen molar-refractivity contribution in [2.24, 2.45) is 5.16 Å². The van der Waals surface area contributed by atoms with Crippen molar-refractivity contribution < 1.29 is 52.2 Å². The summed E-state index contributed by atoms with van der Waals surface area (Å²) < 4.78 is 142. The van der Waals surface area contributed by atoms with Gasteiger partial charge in [-0.15, -0.1) is 0 Å². The van der Waals surface area contributed by atoms with E-state index >= 15 is 0 Å². The van der Waals surface area contributed by atoms with Crippen molar-refractivity contribution in [3.63, 3.8) is 0 Å². The molecular weight excluding hydrogens is 457 g/mol. The average molecular weight is 467 g/mol. The second kappa shape index (κ2) is 7.32. The van der Waals surface area contributed by atoms with Gasteiger partial charge in [0.1, 0.15) is 0 Å². The van der Waals surface area contributed by atoms with E-state index in [2.05, 4.69) is 9.44 Å². The summed E-state index contributed by atoms with van der Waals surface area (Å²) in [7, 11) is -7.07. The van der Waals surface area contributed by atoms with Crippen LogP contribution in [0.15, 0.2) is 47.6 Å². The molecule has 0 bridgehead atoms. The fourth-order valence-electron chi connectivity index (χ4n) is 2.26. The van der Waals surface area contributed by atoms with Gasteiger partial charge in [0, 0.05) is 5.56 Å². The Hall–Kier alpha value is -2.51. The summed E-state index contributed by atoms with van der Waals surface area (Å²) in [5, 5.41) is -3.26. The molecule has 2 rings (SSSR count). The van der Waals surface area contributed by atoms with Crippen molar-refractivity contribution in [3.05, 3.63) is 48.0 Å². The third kappa shape index (κ3) is 3.68. The highest BCUT2D eigenvalue weighted by atomic mass is 32.2. The third-order valence-electron chi connectivity index (χ3n) is 3.88. The molecule has 0 atom stereocenters. The zero-order valence-electron chi connectivity index (χ0n) is 14.5. The molecule has 0 fully saturated rings. The Morgan fingerprint density at radius 2 is 1.37 bits per heavy atom. The summed E-state index contributed by atoms with van der Waals surface area (Å²) in [6, 6.07) is 10.7. The van der Waals surface area contributed by atoms with Gasteiger partial charge in [-0.1, -0.05) is 47.6 Å². The molecular formula is C16H10F9NO3S. The minimum absolute atomic E-state index is 0.0963. The SMILES string of the molecule is C/C(=N\OS(=O)(=O)C(F)(F)C(F)(F)C(F)(F)C(F)(F)F)c1cccc2ccccc12. The summed E-state index contributed by atoms with van der Waals surface area (Å²) in [4.78, 5) is 0. The lowest BCUT2D eigenvalue weighted by Gasteiger charge is -2.31. The van der Waals surface area contributed by atoms with Crippen molar-refractivity contribution in [2.75, 3.05) is 0 Å². The number of hydrogen-bond acceptors (Lipinski definition) is 4. The van der Waals surface area contributed by atoms with Gasteiger partial charge >= 0.3 is 33.4 Å². The van der Waals surface area contributed by atoms with Crippen LogP contribution in [0, 0.1) is 0 Å². The highest BCUT2D eigenvalue weighted by Gasteiger charge is 2.86. The molecule has 0 spiro atoms. The van der Waals surface area contributed by atoms with E-state index < -0.39 is 39.1 Å². The predicted octanol–water partition coefficient (Wildman–Crippen LogP) is 5.34. The Labute approximate surface area is 163 Å². The molecule has 0 aliphatic heterocycles. The van der Waals surface area contributed by atoms with Gasteiger partial charge in [-0.2, -0.15) is 47.9 Å². The maximum Gasteiger partial charge on any atom is 0.460 e. The maximum atomic E-state index is 13.6. The summed E-state index contributed by atoms with van der Waals surface area (Å²) in [6.45, 7) is 1.01. The van der Waals surface area contributed by atoms with Crippen molar-refractivity contribution in [1.82, 2.24) is 0 Å². The Morgan fingerprint density at radius 3 is 1.93 bits per heavy atom. The lowest BCUT2D eigenvalue weighted by Crippen LogP contribution is -2.63. The van der Waals surface area contributed by atoms with Gasteiger partial charge in [0.05, 0.1) is 5.71 Å². The zero-order valence-corrected chi connectivity index (χ0v) is 15.3. The van der Waals surface area contributed by atoms with Gasteiger partial charge in [0.15, 0.2) is 0 Å². The summed E-state index contributed by atoms with van der Waals surface area (Å²) in [6.07, 6.45) is -7.17. The standard InChI is InChI=1S/C16H10F9NO3S/c1-9(11-8-4-6-10-5-2-3-7-12(10)11)26-29-30(27,28)16(24,25)14(19,20)13(17,18)15(21,22)23/h2-8H,1H3/b26-9+. The molecule has 14 heteroatoms. The molecule has 0 radical (unpaired) electrons. The first-order valence-electron chi connectivity index (χ1n) is 7.63. The number of nitrogens with zero attached hydrogens (tertiary/aromatic N) is 1. The van der Waals surface area contributed by atoms with Gasteiger partial charge in [-0.3, -0.25) is 4.28 Å². The average Bonchev–Trinajstić information content (AvgIpc) is 2.64. The normalized spacial score (nSPS) is 14.8. The molecule has 2 aromatic carbocycles. The van der Waals surface area contributed by atoms with Crippen LogP contribution in [0.3, 0.4) is 0 Å². The van der Waals surface area contributed by atoms with Crippen LogP contribution in [0.5, 0.6) is 0 Å². The van der Waals surface area contributed by atoms with E-state index in [1.807, 2.05) is 0 Å². The number of halogens is 9. The molecule has 0 aliphatic carbocycles. The van der Waals surface area contributed by atoms with Crippen molar-refractivity contribution in [1.29, 1.82) is 0 Å². The van der Waals surface area contributed by atoms with Gasteiger partial charge in [0.2, 0.25) is 0 Å². The van der Waals surface area contributed by atoms with E-state index in [-0.39, 0.29) is 5.56 Å². The van der Waals surface area contributed by atoms with E-state index in [1.165, 1.54) is 18.2 Å². The van der Waals surface area contributed by atoms with E-state index in [4.69, 9.17) is 0 Å². The zero-order chi connectivity index (χ0) is 23.2. The first kappa shape index (κ1) is 23.8. The second-order valence-corrected chi connectivity index (χ2v) is 7.47. The van der Waals surface area contributed by atoms with Crippen LogP contribution in [-0.2, 0) is 14.4 Å². The van der Waals surface area contributed by atoms with Crippen LogP contribution < -0.4 is 0 Å². The smallest absolute Gasteiger partial charge is 0.264 e. The molecule has 0 unspecified atom stereocenters. The van der Waals surface area contributed by atoms with E-state index in [9.17, 15) is 47.9 Å². The topological polar surface area (TPSA) is 55.7 Å². The van der Waals surface area contributed by atoms with Gasteiger partial charge in [-0.25, -0.2) is 0 Å². The van der Waals surface area contributed by atoms with Crippen LogP contribution in [0.4, 0.5) is 39.5 Å². The molecule has 0 aliphatic rings. The van der Waals surface area contributed by atoms with E-state index in [1.54, 1.807) is 24.3 Å². The quantitative estimate of drug-likeness (QED) is 0.328. The van der Waals surface area contributed by atoms with Gasteiger partial charge in [0.25, 0.3) is 0 Å². The highest BCUT2D eigenvalue weighted by molar-refractivity contribution is 7.87. The monoisotopic (exact) mass is 467 g/mol. The van der Waals surface area contributed by atoms with Crippen LogP contribution in [0.1, 0.15) is 12.5 Å². The number of hydrogen-bond donors (Lipinski definition) is 0. The van der Waals surface area contributed by atoms with E-state index in [0.29, 0.717) is 10.8 Å². The molecule has 166 valence electrons. The molecule has 0 heterocycles. The number of fused-ring (bicyclic) bond motifs is 1. The minimum atomic E-state index is -7.39. The number of rotatable bonds is 6. The van der Waals surface area contributed by atoms with Crippen LogP contribution in [-0.4, -0.2) is 37.4 Å². The predicted molar refractivity (Wildman–Crippen MR) is 87.1 cm³/mol. The lowest BCUT2D eigenvalue weighted by molar-refractivity contribution is -0.382. The third-order valence-corrected chi connectivity index (χ3v) is 5.04. The molecule has 30 heavy (non-hydrogen) atoms. The van der Waals surface area contributed by atoms with Crippen molar-refractivity contribution in [3.8, 4) is 0 Å². The molecule has 0 saturated carbocycles. The van der Waals surface area contributed by atoms with Crippen molar-refractivity contribution in [2.45, 2.75) is 30.2 Å². The van der Waals surface area contributed by atoms with Gasteiger partial charge < -0.3 is 0 Å². The first-order valence-corrected chi connectivity index (χ1v) is 9.04. The molecule has 0 N–H and O–H groups in total. The highest BCUT2D eigenvalue weighted by Crippen LogP contribution is 2.54. The Bertz CT molecular complexity index is 1070. The van der Waals surface area contributed by atoms with Crippen LogP contribution >= 0.6 is 0 Å². The molecule has 2 aromatic rings. The van der Waals surface area contributed by atoms with Crippen LogP contribution in [0.25, 0.3) is 10.8 Å². The van der Waals surface area contributed by atoms with E-state index in [0.717, 1.165) is 6.92 Å². The maximum absolute atomic E-state index is 13.6. The number of benzene rings is 2. The van der Waals surface area contributed by atoms with Gasteiger partial charge in [-0.05, 0) is 17.7 Å². The lowest BCUT2D eigenvalue weighted by atomic mass is 10.0. The second-order valence-electron chi connectivity index (χ2n) is 5.90. The van der Waals surface area contributed by atoms with Crippen molar-refractivity contribution >= 4 is 26.6 Å². The molecule has 4 nitrogen and oxygen atoms in total. The molecule has 0 saturated heterocycles. The Kier molecular flexibility index (Phi) is 5.80. The Balaban J connectivity index is 2.44. The number of alkyl halides is 9. The fraction of sp³-hybridized carbons (Fsp3) is 0.312. The minimum Gasteiger partial charge on any atom is -0.264 e. The molecule has 0 aromatic heterocycles. The largest absolute Gasteiger partial charge is 0.460 e. The van der Waals surface area contributed by atoms with Crippen LogP contribution in [0.2, 0.25) is 0 Å². The fourth-order valence-corrected chi connectivity index (χ4v) is 3.01. The Morgan fingerprint density at radius 1 is 0.833 bits per heavy atom. The number of oxime groups is 1. The molecule has 0 amide bonds. The first-order chi connectivity index (χ1) is 13.5. The summed E-state index contributed by atoms with van der Waals surface area (Å²) in [5.74, 6) is -14.8. The summed E-state index contributed by atoms with van der Waals surface area (Å²) >= 11 is 0.